The van der Waals surface area contributed by atoms with Crippen molar-refractivity contribution in [2.24, 2.45) is 5.92 Å². The largest absolute Gasteiger partial charge is 0.497 e. The van der Waals surface area contributed by atoms with Gasteiger partial charge in [-0.05, 0) is 35.7 Å². The Bertz CT molecular complexity index is 937. The fourth-order valence-electron chi connectivity index (χ4n) is 4.83. The van der Waals surface area contributed by atoms with E-state index in [-0.39, 0.29) is 23.8 Å². The van der Waals surface area contributed by atoms with Gasteiger partial charge in [-0.1, -0.05) is 50.6 Å². The van der Waals surface area contributed by atoms with Crippen molar-refractivity contribution in [2.45, 2.75) is 51.4 Å². The molecule has 0 bridgehead atoms. The van der Waals surface area contributed by atoms with Crippen molar-refractivity contribution in [1.82, 2.24) is 15.1 Å². The lowest BCUT2D eigenvalue weighted by Gasteiger charge is -2.45. The van der Waals surface area contributed by atoms with Crippen molar-refractivity contribution in [3.8, 4) is 5.75 Å². The van der Waals surface area contributed by atoms with Gasteiger partial charge in [-0.15, -0.1) is 0 Å². The van der Waals surface area contributed by atoms with Crippen LogP contribution in [0.2, 0.25) is 0 Å². The molecular formula is C26H33N3O3. The van der Waals surface area contributed by atoms with Crippen molar-refractivity contribution in [3.05, 3.63) is 65.7 Å². The second kappa shape index (κ2) is 9.33. The summed E-state index contributed by atoms with van der Waals surface area (Å²) in [5.74, 6) is 1.21. The van der Waals surface area contributed by atoms with E-state index in [1.54, 1.807) is 7.11 Å². The summed E-state index contributed by atoms with van der Waals surface area (Å²) < 4.78 is 5.20. The molecule has 2 amide bonds. The standard InChI is InChI=1S/C26H33N3O3/c1-4-19(2)23-25(31)29(18-20-8-6-5-7-9-20)26(27-23)14-16-28(17-15-26)24(30)21-10-12-22(32-3)13-11-21/h5-13,19,23,27H,4,14-18H2,1-3H3. The number of methoxy groups -OCH3 is 1. The number of rotatable bonds is 6. The van der Waals surface area contributed by atoms with Gasteiger partial charge in [0.1, 0.15) is 5.75 Å². The summed E-state index contributed by atoms with van der Waals surface area (Å²) in [7, 11) is 1.62. The number of nitrogens with one attached hydrogen (secondary N) is 1. The predicted molar refractivity (Wildman–Crippen MR) is 124 cm³/mol. The molecule has 2 aromatic carbocycles. The SMILES string of the molecule is CCC(C)C1NC2(CCN(C(=O)c3ccc(OC)cc3)CC2)N(Cc2ccccc2)C1=O. The van der Waals surface area contributed by atoms with Gasteiger partial charge in [0, 0.05) is 38.0 Å². The third-order valence-corrected chi connectivity index (χ3v) is 7.08. The molecule has 2 heterocycles. The second-order valence-corrected chi connectivity index (χ2v) is 8.97. The smallest absolute Gasteiger partial charge is 0.253 e. The van der Waals surface area contributed by atoms with Gasteiger partial charge in [0.25, 0.3) is 5.91 Å². The molecule has 2 aliphatic rings. The van der Waals surface area contributed by atoms with Gasteiger partial charge in [-0.3, -0.25) is 14.9 Å². The monoisotopic (exact) mass is 435 g/mol. The molecule has 0 radical (unpaired) electrons. The number of nitrogens with zero attached hydrogens (tertiary/aromatic N) is 2. The molecule has 2 fully saturated rings. The van der Waals surface area contributed by atoms with Crippen LogP contribution in [0.25, 0.3) is 0 Å². The summed E-state index contributed by atoms with van der Waals surface area (Å²) in [4.78, 5) is 30.4. The van der Waals surface area contributed by atoms with Gasteiger partial charge in [0.15, 0.2) is 0 Å². The molecule has 0 saturated carbocycles. The van der Waals surface area contributed by atoms with Crippen molar-refractivity contribution < 1.29 is 14.3 Å². The number of benzene rings is 2. The maximum absolute atomic E-state index is 13.5. The van der Waals surface area contributed by atoms with Crippen LogP contribution in [0.3, 0.4) is 0 Å². The molecule has 6 heteroatoms. The van der Waals surface area contributed by atoms with Crippen LogP contribution in [0.1, 0.15) is 49.0 Å². The fraction of sp³-hybridized carbons (Fsp3) is 0.462. The van der Waals surface area contributed by atoms with Crippen molar-refractivity contribution >= 4 is 11.8 Å². The predicted octanol–water partition coefficient (Wildman–Crippen LogP) is 3.67. The quantitative estimate of drug-likeness (QED) is 0.752. The lowest BCUT2D eigenvalue weighted by atomic mass is 9.94. The van der Waals surface area contributed by atoms with E-state index in [1.807, 2.05) is 52.3 Å². The first kappa shape index (κ1) is 22.3. The van der Waals surface area contributed by atoms with Crippen molar-refractivity contribution in [1.29, 1.82) is 0 Å². The van der Waals surface area contributed by atoms with Gasteiger partial charge < -0.3 is 14.5 Å². The molecule has 0 aliphatic carbocycles. The maximum atomic E-state index is 13.5. The van der Waals surface area contributed by atoms with Gasteiger partial charge in [-0.2, -0.15) is 0 Å². The zero-order chi connectivity index (χ0) is 22.7. The average Bonchev–Trinajstić information content (AvgIpc) is 3.10. The van der Waals surface area contributed by atoms with Crippen LogP contribution in [0.4, 0.5) is 0 Å². The first-order valence-electron chi connectivity index (χ1n) is 11.5. The topological polar surface area (TPSA) is 61.9 Å². The fourth-order valence-corrected chi connectivity index (χ4v) is 4.83. The molecule has 1 spiro atoms. The molecule has 2 aromatic rings. The van der Waals surface area contributed by atoms with E-state index < -0.39 is 5.66 Å². The number of piperidine rings is 1. The van der Waals surface area contributed by atoms with E-state index in [9.17, 15) is 9.59 Å². The Balaban J connectivity index is 1.51. The minimum Gasteiger partial charge on any atom is -0.497 e. The number of hydrogen-bond acceptors (Lipinski definition) is 4. The van der Waals surface area contributed by atoms with Crippen LogP contribution in [0.5, 0.6) is 5.75 Å². The summed E-state index contributed by atoms with van der Waals surface area (Å²) >= 11 is 0. The molecule has 1 N–H and O–H groups in total. The Hall–Kier alpha value is -2.86. The van der Waals surface area contributed by atoms with Gasteiger partial charge in [-0.25, -0.2) is 0 Å². The van der Waals surface area contributed by atoms with E-state index >= 15 is 0 Å². The number of amides is 2. The molecule has 0 aromatic heterocycles. The molecule has 2 aliphatic heterocycles. The van der Waals surface area contributed by atoms with Crippen molar-refractivity contribution in [3.63, 3.8) is 0 Å². The highest BCUT2D eigenvalue weighted by atomic mass is 16.5. The van der Waals surface area contributed by atoms with Crippen LogP contribution in [-0.2, 0) is 11.3 Å². The maximum Gasteiger partial charge on any atom is 0.253 e. The molecule has 32 heavy (non-hydrogen) atoms. The minimum absolute atomic E-state index is 0.0277. The number of likely N-dealkylation sites (tertiary alicyclic amines) is 1. The second-order valence-electron chi connectivity index (χ2n) is 8.97. The Labute approximate surface area is 190 Å². The molecule has 2 saturated heterocycles. The summed E-state index contributed by atoms with van der Waals surface area (Å²) in [6.07, 6.45) is 2.39. The lowest BCUT2D eigenvalue weighted by molar-refractivity contribution is -0.134. The lowest BCUT2D eigenvalue weighted by Crippen LogP contribution is -2.59. The number of carbonyl (C=O) groups is 2. The number of hydrogen-bond donors (Lipinski definition) is 1. The van der Waals surface area contributed by atoms with E-state index in [4.69, 9.17) is 4.74 Å². The third-order valence-electron chi connectivity index (χ3n) is 7.08. The zero-order valence-electron chi connectivity index (χ0n) is 19.2. The summed E-state index contributed by atoms with van der Waals surface area (Å²) in [6, 6.07) is 17.2. The Morgan fingerprint density at radius 3 is 2.38 bits per heavy atom. The van der Waals surface area contributed by atoms with Gasteiger partial charge in [0.05, 0.1) is 18.8 Å². The highest BCUT2D eigenvalue weighted by Gasteiger charge is 2.52. The third kappa shape index (κ3) is 4.24. The van der Waals surface area contributed by atoms with Crippen LogP contribution < -0.4 is 10.1 Å². The summed E-state index contributed by atoms with van der Waals surface area (Å²) in [5.41, 5.74) is 1.39. The molecule has 4 rings (SSSR count). The minimum atomic E-state index is -0.405. The first-order chi connectivity index (χ1) is 15.5. The van der Waals surface area contributed by atoms with Crippen LogP contribution in [0, 0.1) is 5.92 Å². The highest BCUT2D eigenvalue weighted by Crippen LogP contribution is 2.36. The molecular weight excluding hydrogens is 402 g/mol. The first-order valence-corrected chi connectivity index (χ1v) is 11.5. The number of carbonyl (C=O) groups excluding carboxylic acids is 2. The summed E-state index contributed by atoms with van der Waals surface area (Å²) in [5, 5.41) is 3.71. The van der Waals surface area contributed by atoms with E-state index in [2.05, 4.69) is 31.3 Å². The van der Waals surface area contributed by atoms with Crippen LogP contribution in [0.15, 0.2) is 54.6 Å². The number of ether oxygens (including phenoxy) is 1. The molecule has 170 valence electrons. The van der Waals surface area contributed by atoms with E-state index in [1.165, 1.54) is 0 Å². The van der Waals surface area contributed by atoms with Crippen LogP contribution >= 0.6 is 0 Å². The molecule has 6 nitrogen and oxygen atoms in total. The Kier molecular flexibility index (Phi) is 6.51. The van der Waals surface area contributed by atoms with Gasteiger partial charge in [0.2, 0.25) is 5.91 Å². The molecule has 2 atom stereocenters. The summed E-state index contributed by atoms with van der Waals surface area (Å²) in [6.45, 7) is 6.08. The van der Waals surface area contributed by atoms with E-state index in [0.29, 0.717) is 25.2 Å². The van der Waals surface area contributed by atoms with Crippen LogP contribution in [-0.4, -0.2) is 53.5 Å². The normalized spacial score (nSPS) is 21.1. The zero-order valence-corrected chi connectivity index (χ0v) is 19.2. The van der Waals surface area contributed by atoms with E-state index in [0.717, 1.165) is 30.6 Å². The average molecular weight is 436 g/mol. The molecule has 2 unspecified atom stereocenters. The Morgan fingerprint density at radius 1 is 1.12 bits per heavy atom. The Morgan fingerprint density at radius 2 is 1.78 bits per heavy atom. The highest BCUT2D eigenvalue weighted by molar-refractivity contribution is 5.94. The van der Waals surface area contributed by atoms with Crippen molar-refractivity contribution in [2.75, 3.05) is 20.2 Å². The van der Waals surface area contributed by atoms with Gasteiger partial charge >= 0.3 is 0 Å².